The predicted molar refractivity (Wildman–Crippen MR) is 37.8 cm³/mol. The molecule has 0 aliphatic carbocycles. The number of phenols is 2. The van der Waals surface area contributed by atoms with Gasteiger partial charge in [0.25, 0.3) is 0 Å². The summed E-state index contributed by atoms with van der Waals surface area (Å²) < 4.78 is 0. The lowest BCUT2D eigenvalue weighted by molar-refractivity contribution is 0.403. The third kappa shape index (κ3) is 1.21. The molecule has 0 atom stereocenters. The molecule has 2 N–H and O–H groups in total. The van der Waals surface area contributed by atoms with Crippen LogP contribution < -0.4 is 0 Å². The fourth-order valence-corrected chi connectivity index (χ4v) is 0.696. The van der Waals surface area contributed by atoms with Crippen molar-refractivity contribution in [2.45, 2.75) is 6.42 Å². The molecule has 0 aliphatic heterocycles. The van der Waals surface area contributed by atoms with Crippen molar-refractivity contribution in [1.29, 1.82) is 0 Å². The van der Waals surface area contributed by atoms with Crippen molar-refractivity contribution in [2.24, 2.45) is 0 Å². The quantitative estimate of drug-likeness (QED) is 0.572. The maximum atomic E-state index is 8.93. The minimum atomic E-state index is -0.122. The molecule has 0 unspecified atom stereocenters. The lowest BCUT2D eigenvalue weighted by Gasteiger charge is -1.98. The van der Waals surface area contributed by atoms with Gasteiger partial charge in [0, 0.05) is 0 Å². The summed E-state index contributed by atoms with van der Waals surface area (Å²) in [5, 5.41) is 17.8. The second kappa shape index (κ2) is 2.60. The maximum Gasteiger partial charge on any atom is 0.157 e. The first-order chi connectivity index (χ1) is 4.74. The van der Waals surface area contributed by atoms with Crippen molar-refractivity contribution in [3.05, 3.63) is 30.7 Å². The Balaban J connectivity index is 3.04. The van der Waals surface area contributed by atoms with Crippen LogP contribution in [0.4, 0.5) is 0 Å². The van der Waals surface area contributed by atoms with Crippen LogP contribution in [0, 0.1) is 6.92 Å². The Morgan fingerprint density at radius 3 is 2.40 bits per heavy atom. The van der Waals surface area contributed by atoms with E-state index in [1.807, 2.05) is 0 Å². The van der Waals surface area contributed by atoms with E-state index in [-0.39, 0.29) is 11.5 Å². The van der Waals surface area contributed by atoms with Crippen LogP contribution in [-0.2, 0) is 6.42 Å². The monoisotopic (exact) mass is 136 g/mol. The summed E-state index contributed by atoms with van der Waals surface area (Å²) in [6.45, 7) is 5.28. The van der Waals surface area contributed by atoms with E-state index in [1.54, 1.807) is 6.07 Å². The second-order valence-electron chi connectivity index (χ2n) is 2.03. The van der Waals surface area contributed by atoms with E-state index in [4.69, 9.17) is 17.1 Å². The average molecular weight is 136 g/mol. The van der Waals surface area contributed by atoms with Gasteiger partial charge in [-0.15, -0.1) is 0 Å². The number of phenolic OH excluding ortho intramolecular Hbond substituents is 2. The minimum Gasteiger partial charge on any atom is -0.504 e. The summed E-state index contributed by atoms with van der Waals surface area (Å²) >= 11 is 0. The number of aromatic hydroxyl groups is 2. The van der Waals surface area contributed by atoms with Crippen LogP contribution in [0.2, 0.25) is 0 Å². The number of benzene rings is 1. The molecule has 0 fully saturated rings. The molecule has 0 aliphatic rings. The molecule has 1 rings (SSSR count). The van der Waals surface area contributed by atoms with Crippen molar-refractivity contribution in [2.75, 3.05) is 0 Å². The number of hydrogen-bond acceptors (Lipinski definition) is 2. The SMILES string of the molecule is [CH]Cc1ccc(O)c(O)c1. The minimum absolute atomic E-state index is 0.114. The third-order valence-electron chi connectivity index (χ3n) is 1.28. The van der Waals surface area contributed by atoms with Gasteiger partial charge in [-0.1, -0.05) is 6.07 Å². The van der Waals surface area contributed by atoms with Gasteiger partial charge < -0.3 is 10.2 Å². The van der Waals surface area contributed by atoms with E-state index >= 15 is 0 Å². The van der Waals surface area contributed by atoms with E-state index < -0.39 is 0 Å². The Kier molecular flexibility index (Phi) is 1.81. The summed E-state index contributed by atoms with van der Waals surface area (Å²) in [7, 11) is 0. The van der Waals surface area contributed by atoms with Crippen LogP contribution in [0.5, 0.6) is 11.5 Å². The van der Waals surface area contributed by atoms with Crippen molar-refractivity contribution >= 4 is 0 Å². The van der Waals surface area contributed by atoms with Gasteiger partial charge in [-0.25, -0.2) is 0 Å². The van der Waals surface area contributed by atoms with Gasteiger partial charge in [-0.3, -0.25) is 0 Å². The Bertz CT molecular complexity index is 231. The molecule has 1 aromatic carbocycles. The normalized spacial score (nSPS) is 9.70. The van der Waals surface area contributed by atoms with Crippen molar-refractivity contribution < 1.29 is 10.2 Å². The lowest BCUT2D eigenvalue weighted by atomic mass is 10.1. The van der Waals surface area contributed by atoms with E-state index in [1.165, 1.54) is 12.1 Å². The van der Waals surface area contributed by atoms with Gasteiger partial charge in [0.15, 0.2) is 11.5 Å². The zero-order chi connectivity index (χ0) is 7.56. The molecule has 0 amide bonds. The van der Waals surface area contributed by atoms with Gasteiger partial charge in [0.1, 0.15) is 0 Å². The highest BCUT2D eigenvalue weighted by molar-refractivity contribution is 5.40. The smallest absolute Gasteiger partial charge is 0.157 e. The van der Waals surface area contributed by atoms with Gasteiger partial charge in [-0.05, 0) is 31.0 Å². The van der Waals surface area contributed by atoms with E-state index in [0.29, 0.717) is 6.42 Å². The lowest BCUT2D eigenvalue weighted by Crippen LogP contribution is -1.78. The van der Waals surface area contributed by atoms with Crippen LogP contribution in [0.1, 0.15) is 5.56 Å². The highest BCUT2D eigenvalue weighted by Gasteiger charge is 1.97. The topological polar surface area (TPSA) is 40.5 Å². The van der Waals surface area contributed by atoms with Crippen LogP contribution in [0.15, 0.2) is 18.2 Å². The summed E-state index contributed by atoms with van der Waals surface area (Å²) in [6.07, 6.45) is 0.369. The summed E-state index contributed by atoms with van der Waals surface area (Å²) in [4.78, 5) is 0. The predicted octanol–water partition coefficient (Wildman–Crippen LogP) is 1.35. The first-order valence-electron chi connectivity index (χ1n) is 2.95. The van der Waals surface area contributed by atoms with E-state index in [0.717, 1.165) is 5.56 Å². The largest absolute Gasteiger partial charge is 0.504 e. The molecule has 0 aromatic heterocycles. The third-order valence-corrected chi connectivity index (χ3v) is 1.28. The van der Waals surface area contributed by atoms with Crippen LogP contribution in [0.3, 0.4) is 0 Å². The summed E-state index contributed by atoms with van der Waals surface area (Å²) in [6, 6.07) is 4.52. The Hall–Kier alpha value is -1.18. The van der Waals surface area contributed by atoms with E-state index in [9.17, 15) is 0 Å². The maximum absolute atomic E-state index is 8.93. The number of rotatable bonds is 1. The second-order valence-corrected chi connectivity index (χ2v) is 2.03. The molecule has 2 radical (unpaired) electrons. The highest BCUT2D eigenvalue weighted by Crippen LogP contribution is 2.24. The molecule has 52 valence electrons. The van der Waals surface area contributed by atoms with Crippen molar-refractivity contribution in [1.82, 2.24) is 0 Å². The molecule has 0 heterocycles. The van der Waals surface area contributed by atoms with Crippen LogP contribution >= 0.6 is 0 Å². The molecule has 0 bridgehead atoms. The first-order valence-corrected chi connectivity index (χ1v) is 2.95. The fourth-order valence-electron chi connectivity index (χ4n) is 0.696. The van der Waals surface area contributed by atoms with Crippen LogP contribution in [0.25, 0.3) is 0 Å². The zero-order valence-corrected chi connectivity index (χ0v) is 5.41. The molecule has 10 heavy (non-hydrogen) atoms. The zero-order valence-electron chi connectivity index (χ0n) is 5.41. The van der Waals surface area contributed by atoms with Gasteiger partial charge in [-0.2, -0.15) is 0 Å². The molecule has 0 saturated carbocycles. The Morgan fingerprint density at radius 1 is 1.20 bits per heavy atom. The Labute approximate surface area is 59.7 Å². The molecule has 2 nitrogen and oxygen atoms in total. The summed E-state index contributed by atoms with van der Waals surface area (Å²) in [5.74, 6) is -0.236. The molecule has 1 aromatic rings. The van der Waals surface area contributed by atoms with Crippen LogP contribution in [-0.4, -0.2) is 10.2 Å². The highest BCUT2D eigenvalue weighted by atomic mass is 16.3. The average Bonchev–Trinajstić information content (AvgIpc) is 1.95. The van der Waals surface area contributed by atoms with Gasteiger partial charge >= 0.3 is 0 Å². The van der Waals surface area contributed by atoms with Crippen molar-refractivity contribution in [3.8, 4) is 11.5 Å². The fraction of sp³-hybridized carbons (Fsp3) is 0.125. The van der Waals surface area contributed by atoms with Gasteiger partial charge in [0.05, 0.1) is 0 Å². The molecular formula is C8H8O2. The first kappa shape index (κ1) is 6.93. The molecule has 2 heteroatoms. The number of hydrogen-bond donors (Lipinski definition) is 2. The molecular weight excluding hydrogens is 128 g/mol. The van der Waals surface area contributed by atoms with Crippen molar-refractivity contribution in [3.63, 3.8) is 0 Å². The molecule has 0 saturated heterocycles. The van der Waals surface area contributed by atoms with E-state index in [2.05, 4.69) is 0 Å². The Morgan fingerprint density at radius 2 is 1.90 bits per heavy atom. The molecule has 0 spiro atoms. The standard InChI is InChI=1S/C8H8O2/c1-2-6-3-4-7(9)8(10)5-6/h1,3-5,9-10H,2H2. The van der Waals surface area contributed by atoms with Gasteiger partial charge in [0.2, 0.25) is 0 Å². The summed E-state index contributed by atoms with van der Waals surface area (Å²) in [5.41, 5.74) is 0.801.